The van der Waals surface area contributed by atoms with E-state index in [1.807, 2.05) is 0 Å². The van der Waals surface area contributed by atoms with Crippen LogP contribution < -0.4 is 16.0 Å². The summed E-state index contributed by atoms with van der Waals surface area (Å²) in [6.45, 7) is 3.80. The molecule has 0 spiro atoms. The lowest BCUT2D eigenvalue weighted by Crippen LogP contribution is -2.39. The van der Waals surface area contributed by atoms with E-state index in [9.17, 15) is 30.8 Å². The number of anilines is 1. The van der Waals surface area contributed by atoms with Gasteiger partial charge in [-0.15, -0.1) is 0 Å². The van der Waals surface area contributed by atoms with Gasteiger partial charge in [0.15, 0.2) is 5.82 Å². The first-order valence-corrected chi connectivity index (χ1v) is 21.1. The van der Waals surface area contributed by atoms with Gasteiger partial charge in [-0.1, -0.05) is 38.4 Å². The molecular formula is C40H35ClF8N8O4S. The van der Waals surface area contributed by atoms with Crippen LogP contribution in [-0.2, 0) is 40.1 Å². The molecular weight excluding hydrogens is 876 g/mol. The Hall–Kier alpha value is -5.57. The van der Waals surface area contributed by atoms with Crippen molar-refractivity contribution in [3.63, 3.8) is 0 Å². The van der Waals surface area contributed by atoms with E-state index in [1.165, 1.54) is 40.0 Å². The van der Waals surface area contributed by atoms with Crippen molar-refractivity contribution in [1.29, 1.82) is 0 Å². The summed E-state index contributed by atoms with van der Waals surface area (Å²) >= 11 is 6.59. The zero-order valence-corrected chi connectivity index (χ0v) is 34.7. The molecule has 3 aromatic carbocycles. The van der Waals surface area contributed by atoms with Gasteiger partial charge in [-0.25, -0.2) is 44.4 Å². The van der Waals surface area contributed by atoms with E-state index >= 15 is 22.4 Å². The molecule has 1 amide bonds. The van der Waals surface area contributed by atoms with Crippen molar-refractivity contribution in [2.75, 3.05) is 11.0 Å². The van der Waals surface area contributed by atoms with Gasteiger partial charge in [-0.05, 0) is 60.7 Å². The van der Waals surface area contributed by atoms with Gasteiger partial charge >= 0.3 is 0 Å². The Morgan fingerprint density at radius 2 is 1.71 bits per heavy atom. The molecule has 0 saturated heterocycles. The average molecular weight is 911 g/mol. The largest absolute Gasteiger partial charge is 0.368 e. The fourth-order valence-electron chi connectivity index (χ4n) is 8.53. The van der Waals surface area contributed by atoms with E-state index in [2.05, 4.69) is 19.9 Å². The number of halogens is 9. The minimum Gasteiger partial charge on any atom is -0.368 e. The number of nitrogens with two attached hydrogens (primary N) is 1. The molecule has 2 aliphatic carbocycles. The molecule has 3 heterocycles. The Balaban J connectivity index is 1.51. The molecule has 0 aliphatic heterocycles. The molecule has 0 bridgehead atoms. The maximum atomic E-state index is 16.2. The summed E-state index contributed by atoms with van der Waals surface area (Å²) in [5, 5.41) is 7.61. The minimum absolute atomic E-state index is 0.0678. The third-order valence-electron chi connectivity index (χ3n) is 11.4. The van der Waals surface area contributed by atoms with Crippen LogP contribution in [0.1, 0.15) is 85.4 Å². The number of aryl methyl sites for hydroxylation is 1. The Bertz CT molecular complexity index is 3030. The van der Waals surface area contributed by atoms with E-state index in [1.54, 1.807) is 0 Å². The van der Waals surface area contributed by atoms with Gasteiger partial charge in [0.25, 0.3) is 23.8 Å². The van der Waals surface area contributed by atoms with Gasteiger partial charge in [-0.3, -0.25) is 23.6 Å². The molecule has 62 heavy (non-hydrogen) atoms. The summed E-state index contributed by atoms with van der Waals surface area (Å²) in [4.78, 5) is 33.7. The number of nitrogens with zero attached hydrogens (tertiary/aromatic N) is 6. The lowest BCUT2D eigenvalue weighted by atomic mass is 9.83. The Labute approximate surface area is 351 Å². The second kappa shape index (κ2) is 14.2. The number of nitrogens with one attached hydrogen (secondary N) is 1. The molecule has 1 unspecified atom stereocenters. The fraction of sp³-hybridized carbons (Fsp3) is 0.375. The van der Waals surface area contributed by atoms with Crippen LogP contribution in [0.3, 0.4) is 0 Å². The normalized spacial score (nSPS) is 18.3. The predicted octanol–water partition coefficient (Wildman–Crippen LogP) is 8.11. The summed E-state index contributed by atoms with van der Waals surface area (Å²) < 4.78 is 153. The van der Waals surface area contributed by atoms with Crippen LogP contribution in [0.15, 0.2) is 53.3 Å². The molecule has 1 fully saturated rings. The van der Waals surface area contributed by atoms with Crippen LogP contribution in [-0.4, -0.2) is 49.7 Å². The number of hydrogen-bond acceptors (Lipinski definition) is 7. The Morgan fingerprint density at radius 1 is 1.05 bits per heavy atom. The molecule has 22 heteroatoms. The van der Waals surface area contributed by atoms with Gasteiger partial charge in [0, 0.05) is 35.6 Å². The Morgan fingerprint density at radius 3 is 2.31 bits per heavy atom. The molecule has 3 N–H and O–H groups in total. The highest BCUT2D eigenvalue weighted by Gasteiger charge is 2.68. The monoisotopic (exact) mass is 910 g/mol. The van der Waals surface area contributed by atoms with Gasteiger partial charge in [0.05, 0.1) is 44.7 Å². The van der Waals surface area contributed by atoms with Crippen molar-refractivity contribution in [1.82, 2.24) is 29.1 Å². The number of carbonyl (C=O) groups is 1. The number of sulfonamides is 1. The maximum Gasteiger partial charge on any atom is 0.293 e. The fourth-order valence-corrected chi connectivity index (χ4v) is 9.27. The zero-order valence-electron chi connectivity index (χ0n) is 33.1. The number of fused-ring (bicyclic) bond motifs is 5. The first-order valence-electron chi connectivity index (χ1n) is 18.8. The number of aromatic nitrogens is 6. The molecule has 12 nitrogen and oxygen atoms in total. The van der Waals surface area contributed by atoms with E-state index in [-0.39, 0.29) is 44.8 Å². The van der Waals surface area contributed by atoms with Gasteiger partial charge < -0.3 is 5.73 Å². The standard InChI is InChI=1S/C40H35ClF8N8O4S/c1-38(2,3)40(48,49)17-6-7-20-25(13-17)51-36(56(37(20)59)26-9-8-24(41)28-31(26)55(4)53-35(28)54-62(5,60)61)22(12-16-10-18(42)14-19(43)11-16)30(34(50)58)57-32-27(29(52-57)33(44)45)21-15-23(21)39(32,46)47/h6-11,13-14,21-23,30,33H,12,15H2,1-5H3,(H2,50,58)(H,53,54)/t21-,22-,23+,30?/m0/s1. The first kappa shape index (κ1) is 43.1. The van der Waals surface area contributed by atoms with Crippen LogP contribution in [0.2, 0.25) is 5.02 Å². The number of rotatable bonds is 11. The summed E-state index contributed by atoms with van der Waals surface area (Å²) in [5.74, 6) is -16.4. The highest BCUT2D eigenvalue weighted by atomic mass is 35.5. The van der Waals surface area contributed by atoms with Crippen LogP contribution in [0.25, 0.3) is 27.5 Å². The summed E-state index contributed by atoms with van der Waals surface area (Å²) in [6, 6.07) is 5.37. The van der Waals surface area contributed by atoms with Crippen molar-refractivity contribution < 1.29 is 48.3 Å². The second-order valence-corrected chi connectivity index (χ2v) is 18.9. The first-order chi connectivity index (χ1) is 28.7. The molecule has 0 radical (unpaired) electrons. The highest BCUT2D eigenvalue weighted by Crippen LogP contribution is 2.68. The van der Waals surface area contributed by atoms with E-state index in [0.29, 0.717) is 10.7 Å². The van der Waals surface area contributed by atoms with Crippen molar-refractivity contribution in [3.05, 3.63) is 109 Å². The van der Waals surface area contributed by atoms with Gasteiger partial charge in [0.2, 0.25) is 15.9 Å². The number of primary amides is 1. The summed E-state index contributed by atoms with van der Waals surface area (Å²) in [5.41, 5.74) is -0.859. The smallest absolute Gasteiger partial charge is 0.293 e. The zero-order chi connectivity index (χ0) is 45.3. The molecule has 2 aliphatic rings. The number of carbonyl (C=O) groups excluding carboxylic acids is 1. The van der Waals surface area contributed by atoms with Gasteiger partial charge in [0.1, 0.15) is 34.9 Å². The van der Waals surface area contributed by atoms with Crippen molar-refractivity contribution >= 4 is 55.2 Å². The number of amides is 1. The average Bonchev–Trinajstić information content (AvgIpc) is 3.67. The molecule has 1 saturated carbocycles. The molecule has 3 aromatic heterocycles. The molecule has 4 atom stereocenters. The van der Waals surface area contributed by atoms with Crippen molar-refractivity contribution in [3.8, 4) is 5.69 Å². The quantitative estimate of drug-likeness (QED) is 0.124. The third kappa shape index (κ3) is 6.87. The molecule has 328 valence electrons. The van der Waals surface area contributed by atoms with E-state index in [4.69, 9.17) is 17.3 Å². The topological polar surface area (TPSA) is 160 Å². The number of hydrogen-bond donors (Lipinski definition) is 2. The van der Waals surface area contributed by atoms with E-state index in [0.717, 1.165) is 45.8 Å². The summed E-state index contributed by atoms with van der Waals surface area (Å²) in [7, 11) is -2.66. The Kier molecular flexibility index (Phi) is 9.89. The minimum atomic E-state index is -4.01. The molecule has 6 aromatic rings. The molecule has 8 rings (SSSR count). The second-order valence-electron chi connectivity index (χ2n) is 16.7. The van der Waals surface area contributed by atoms with Crippen molar-refractivity contribution in [2.24, 2.45) is 24.1 Å². The van der Waals surface area contributed by atoms with Crippen LogP contribution in [0.4, 0.5) is 40.9 Å². The van der Waals surface area contributed by atoms with Gasteiger partial charge in [-0.2, -0.15) is 19.0 Å². The van der Waals surface area contributed by atoms with Crippen molar-refractivity contribution in [2.45, 2.75) is 69.8 Å². The third-order valence-corrected chi connectivity index (χ3v) is 12.3. The van der Waals surface area contributed by atoms with E-state index < -0.39 is 121 Å². The maximum absolute atomic E-state index is 16.2. The lowest BCUT2D eigenvalue weighted by molar-refractivity contribution is -0.122. The number of benzene rings is 3. The SMILES string of the molecule is Cn1nc(NS(C)(=O)=O)c2c(Cl)ccc(-n3c([C@@H](Cc4cc(F)cc(F)c4)C(C(N)=O)n4nc(C(F)F)c5c4C(F)(F)[C@@H]4C[C@H]54)nc4cc(C(F)(F)C(C)(C)C)ccc4c3=O)c21. The predicted molar refractivity (Wildman–Crippen MR) is 211 cm³/mol. The van der Waals surface area contributed by atoms with Crippen LogP contribution in [0, 0.1) is 23.0 Å². The highest BCUT2D eigenvalue weighted by molar-refractivity contribution is 7.92. The lowest BCUT2D eigenvalue weighted by Gasteiger charge is -2.31. The number of alkyl halides is 6. The van der Waals surface area contributed by atoms with Crippen LogP contribution >= 0.6 is 11.6 Å². The van der Waals surface area contributed by atoms with Crippen LogP contribution in [0.5, 0.6) is 0 Å². The summed E-state index contributed by atoms with van der Waals surface area (Å²) in [6.07, 6.45) is -3.51.